The van der Waals surface area contributed by atoms with Crippen LogP contribution in [0.25, 0.3) is 0 Å². The largest absolute Gasteiger partial charge is 0.456 e. The van der Waals surface area contributed by atoms with Gasteiger partial charge in [0.2, 0.25) is 5.79 Å². The van der Waals surface area contributed by atoms with Crippen molar-refractivity contribution in [1.82, 2.24) is 9.62 Å². The third kappa shape index (κ3) is 14.9. The predicted molar refractivity (Wildman–Crippen MR) is 245 cm³/mol. The zero-order valence-electron chi connectivity index (χ0n) is 41.6. The van der Waals surface area contributed by atoms with Crippen molar-refractivity contribution >= 4 is 39.8 Å². The van der Waals surface area contributed by atoms with Gasteiger partial charge in [0, 0.05) is 52.0 Å². The number of amides is 2. The number of hydrogen-bond donors (Lipinski definition) is 3. The number of fused-ring (bicyclic) bond motifs is 3. The molecule has 2 amide bonds. The van der Waals surface area contributed by atoms with E-state index in [9.17, 15) is 42.6 Å². The van der Waals surface area contributed by atoms with Gasteiger partial charge in [-0.25, -0.2) is 13.8 Å². The van der Waals surface area contributed by atoms with Crippen LogP contribution < -0.4 is 4.72 Å². The highest BCUT2D eigenvalue weighted by Gasteiger charge is 2.56. The standard InChI is InChI=1S/C48H78N2O16S/c1-13-33-21-27(2)20-28(3)22-39(61-11)42-40(62-12)24-30(5)48(57,64-42)43(53)44(54)50-19-15-14-16-34(50)45(55)63-41(31(6)35(51)26-36(33)52)29(4)23-32-17-18-37(38(25-32)60-10)66-67(58,59)49-46(56)65-47(7,8)9/h21,23,28,30-35,37-42,51,57H,13-20,22,24-26H2,1-12H3,(H,49,56)/b27-21+,29-23+/t28-,30+,31+,32-,33+,34-,35-,37-,38+,39-,40-,41?,42+,48+/m0/s1. The fourth-order valence-electron chi connectivity index (χ4n) is 10.1. The van der Waals surface area contributed by atoms with Gasteiger partial charge in [0.1, 0.15) is 35.7 Å². The Morgan fingerprint density at radius 3 is 2.19 bits per heavy atom. The van der Waals surface area contributed by atoms with E-state index in [0.29, 0.717) is 44.1 Å². The predicted octanol–water partition coefficient (Wildman–Crippen LogP) is 5.27. The quantitative estimate of drug-likeness (QED) is 0.152. The summed E-state index contributed by atoms with van der Waals surface area (Å²) in [7, 11) is -0.147. The van der Waals surface area contributed by atoms with Gasteiger partial charge in [0.15, 0.2) is 0 Å². The highest BCUT2D eigenvalue weighted by molar-refractivity contribution is 7.85. The van der Waals surface area contributed by atoms with E-state index in [2.05, 4.69) is 0 Å². The third-order valence-electron chi connectivity index (χ3n) is 13.7. The number of rotatable bonds is 9. The van der Waals surface area contributed by atoms with Crippen molar-refractivity contribution < 1.29 is 75.2 Å². The number of piperidine rings is 1. The number of methoxy groups -OCH3 is 3. The number of nitrogens with zero attached hydrogens (tertiary/aromatic N) is 1. The summed E-state index contributed by atoms with van der Waals surface area (Å²) >= 11 is 0. The van der Waals surface area contributed by atoms with Crippen LogP contribution in [-0.4, -0.2) is 141 Å². The molecular weight excluding hydrogens is 893 g/mol. The van der Waals surface area contributed by atoms with Gasteiger partial charge in [-0.15, -0.1) is 0 Å². The molecule has 67 heavy (non-hydrogen) atoms. The smallest absolute Gasteiger partial charge is 0.423 e. The maximum atomic E-state index is 14.5. The molecule has 18 nitrogen and oxygen atoms in total. The van der Waals surface area contributed by atoms with Gasteiger partial charge in [0.25, 0.3) is 11.7 Å². The fourth-order valence-corrected chi connectivity index (χ4v) is 10.9. The lowest BCUT2D eigenvalue weighted by Gasteiger charge is -2.47. The molecule has 3 fully saturated rings. The summed E-state index contributed by atoms with van der Waals surface area (Å²) in [6.07, 6.45) is -0.163. The summed E-state index contributed by atoms with van der Waals surface area (Å²) in [6.45, 7) is 15.7. The molecule has 0 aromatic heterocycles. The summed E-state index contributed by atoms with van der Waals surface area (Å²) in [5, 5.41) is 23.9. The summed E-state index contributed by atoms with van der Waals surface area (Å²) in [5.74, 6) is -8.38. The first-order chi connectivity index (χ1) is 31.3. The average Bonchev–Trinajstić information content (AvgIpc) is 3.25. The monoisotopic (exact) mass is 971 g/mol. The highest BCUT2D eigenvalue weighted by Crippen LogP contribution is 2.39. The Labute approximate surface area is 397 Å². The molecular formula is C48H78N2O16S. The Hall–Kier alpha value is -3.30. The molecule has 19 heteroatoms. The summed E-state index contributed by atoms with van der Waals surface area (Å²) < 4.78 is 67.8. The maximum Gasteiger partial charge on any atom is 0.423 e. The van der Waals surface area contributed by atoms with Crippen LogP contribution in [0.15, 0.2) is 23.3 Å². The van der Waals surface area contributed by atoms with Crippen LogP contribution in [0, 0.1) is 29.6 Å². The van der Waals surface area contributed by atoms with Gasteiger partial charge in [0.05, 0.1) is 24.4 Å². The van der Waals surface area contributed by atoms with Crippen LogP contribution in [0.2, 0.25) is 0 Å². The first-order valence-corrected chi connectivity index (χ1v) is 25.2. The molecule has 2 bridgehead atoms. The van der Waals surface area contributed by atoms with Gasteiger partial charge >= 0.3 is 22.4 Å². The summed E-state index contributed by atoms with van der Waals surface area (Å²) in [5.41, 5.74) is 0.524. The molecule has 0 spiro atoms. The van der Waals surface area contributed by atoms with Gasteiger partial charge in [-0.1, -0.05) is 45.4 Å². The number of aliphatic hydroxyl groups excluding tert-OH is 1. The molecule has 4 aliphatic rings. The lowest BCUT2D eigenvalue weighted by atomic mass is 9.81. The molecule has 3 aliphatic heterocycles. The summed E-state index contributed by atoms with van der Waals surface area (Å²) in [6, 6.07) is -1.22. The Morgan fingerprint density at radius 1 is 0.940 bits per heavy atom. The van der Waals surface area contributed by atoms with Crippen LogP contribution >= 0.6 is 0 Å². The number of carbonyl (C=O) groups is 5. The molecule has 2 saturated heterocycles. The van der Waals surface area contributed by atoms with Crippen molar-refractivity contribution in [2.75, 3.05) is 27.9 Å². The van der Waals surface area contributed by atoms with Gasteiger partial charge in [-0.2, -0.15) is 13.1 Å². The highest BCUT2D eigenvalue weighted by atomic mass is 32.2. The number of carbonyl (C=O) groups excluding carboxylic acids is 5. The van der Waals surface area contributed by atoms with E-state index in [-0.39, 0.29) is 56.3 Å². The van der Waals surface area contributed by atoms with E-state index in [1.807, 2.05) is 32.9 Å². The fraction of sp³-hybridized carbons (Fsp3) is 0.812. The number of cyclic esters (lactones) is 1. The molecule has 382 valence electrons. The Balaban J connectivity index is 1.70. The zero-order valence-corrected chi connectivity index (χ0v) is 42.4. The van der Waals surface area contributed by atoms with Crippen LogP contribution in [0.5, 0.6) is 0 Å². The summed E-state index contributed by atoms with van der Waals surface area (Å²) in [4.78, 5) is 70.5. The van der Waals surface area contributed by atoms with E-state index in [1.54, 1.807) is 46.3 Å². The van der Waals surface area contributed by atoms with Gasteiger partial charge < -0.3 is 43.5 Å². The first-order valence-electron chi connectivity index (χ1n) is 23.8. The SMILES string of the molecule is CC[C@@H]1/C=C(\C)C[C@H](C)C[C@H](OC)[C@H]2O[C@@](O)(C(=O)C(=O)N3CCCC[C@H]3C(=O)OC(/C(C)=C/[C@@H]3CC[C@H](OS(=O)(=O)NC(=O)OC(C)(C)C)[C@H](OC)C3)[C@H](C)[C@@H](O)CC1=O)[C@H](C)C[C@@H]2OC. The zero-order chi connectivity index (χ0) is 50.2. The molecule has 0 radical (unpaired) electrons. The van der Waals surface area contributed by atoms with Crippen LogP contribution in [0.3, 0.4) is 0 Å². The Kier molecular flexibility index (Phi) is 20.2. The number of hydrogen-bond acceptors (Lipinski definition) is 16. The number of ether oxygens (including phenoxy) is 6. The molecule has 0 aromatic carbocycles. The number of allylic oxidation sites excluding steroid dienone is 3. The van der Waals surface area contributed by atoms with Crippen molar-refractivity contribution in [1.29, 1.82) is 0 Å². The second-order valence-electron chi connectivity index (χ2n) is 20.3. The minimum Gasteiger partial charge on any atom is -0.456 e. The minimum absolute atomic E-state index is 0.0110. The van der Waals surface area contributed by atoms with Crippen molar-refractivity contribution in [2.24, 2.45) is 29.6 Å². The third-order valence-corrected chi connectivity index (χ3v) is 14.6. The Bertz CT molecular complexity index is 1920. The molecule has 4 rings (SSSR count). The molecule has 3 N–H and O–H groups in total. The van der Waals surface area contributed by atoms with Crippen molar-refractivity contribution in [2.45, 2.75) is 193 Å². The van der Waals surface area contributed by atoms with E-state index >= 15 is 0 Å². The molecule has 3 heterocycles. The van der Waals surface area contributed by atoms with Gasteiger partial charge in [-0.3, -0.25) is 14.4 Å². The number of ketones is 2. The van der Waals surface area contributed by atoms with Crippen LogP contribution in [0.1, 0.15) is 133 Å². The minimum atomic E-state index is -4.58. The maximum absolute atomic E-state index is 14.5. The normalized spacial score (nSPS) is 37.0. The number of esters is 1. The van der Waals surface area contributed by atoms with Crippen LogP contribution in [-0.2, 0) is 62.1 Å². The van der Waals surface area contributed by atoms with Crippen molar-refractivity contribution in [3.63, 3.8) is 0 Å². The number of nitrogens with one attached hydrogen (secondary N) is 1. The topological polar surface area (TPSA) is 240 Å². The van der Waals surface area contributed by atoms with Crippen LogP contribution in [0.4, 0.5) is 4.79 Å². The molecule has 1 aliphatic carbocycles. The lowest BCUT2D eigenvalue weighted by Crippen LogP contribution is -2.64. The van der Waals surface area contributed by atoms with Crippen molar-refractivity contribution in [3.05, 3.63) is 23.3 Å². The molecule has 1 saturated carbocycles. The van der Waals surface area contributed by atoms with E-state index in [0.717, 1.165) is 10.5 Å². The number of aliphatic hydroxyl groups is 2. The Morgan fingerprint density at radius 2 is 1.58 bits per heavy atom. The number of Topliss-reactive ketones (excluding diaryl/α,β-unsaturated/α-hetero) is 2. The van der Waals surface area contributed by atoms with E-state index < -0.39 is 112 Å². The first kappa shape index (κ1) is 56.3. The molecule has 14 atom stereocenters. The van der Waals surface area contributed by atoms with Crippen molar-refractivity contribution in [3.8, 4) is 0 Å². The molecule has 0 aromatic rings. The average molecular weight is 971 g/mol. The van der Waals surface area contributed by atoms with Gasteiger partial charge in [-0.05, 0) is 116 Å². The second-order valence-corrected chi connectivity index (χ2v) is 21.6. The van der Waals surface area contributed by atoms with E-state index in [4.69, 9.17) is 32.6 Å². The molecule has 1 unspecified atom stereocenters. The second kappa shape index (κ2) is 24.0. The lowest BCUT2D eigenvalue weighted by molar-refractivity contribution is -0.302. The van der Waals surface area contributed by atoms with E-state index in [1.165, 1.54) is 21.3 Å².